The van der Waals surface area contributed by atoms with Gasteiger partial charge in [-0.1, -0.05) is 12.1 Å². The molecular formula is C21H22F3NO3. The molecule has 0 aliphatic carbocycles. The molecule has 0 saturated heterocycles. The molecule has 0 heterocycles. The van der Waals surface area contributed by atoms with Crippen molar-refractivity contribution in [3.05, 3.63) is 65.2 Å². The van der Waals surface area contributed by atoms with Crippen LogP contribution in [0.4, 0.5) is 13.2 Å². The van der Waals surface area contributed by atoms with Gasteiger partial charge in [-0.3, -0.25) is 9.59 Å². The maximum absolute atomic E-state index is 12.6. The number of carbonyl (C=O) groups is 2. The highest BCUT2D eigenvalue weighted by molar-refractivity contribution is 5.98. The minimum atomic E-state index is -4.39. The first-order valence-electron chi connectivity index (χ1n) is 8.87. The SMILES string of the molecule is CCOc1ccc(C(=O)CCC(=O)N(C)Cc2ccc(C(F)(F)F)cc2)cc1. The Hall–Kier alpha value is -2.83. The van der Waals surface area contributed by atoms with Crippen LogP contribution >= 0.6 is 0 Å². The van der Waals surface area contributed by atoms with Crippen LogP contribution < -0.4 is 4.74 Å². The van der Waals surface area contributed by atoms with E-state index in [9.17, 15) is 22.8 Å². The number of ketones is 1. The van der Waals surface area contributed by atoms with E-state index >= 15 is 0 Å². The first-order valence-corrected chi connectivity index (χ1v) is 8.87. The third-order valence-corrected chi connectivity index (χ3v) is 4.18. The van der Waals surface area contributed by atoms with Crippen molar-refractivity contribution in [2.75, 3.05) is 13.7 Å². The Labute approximate surface area is 161 Å². The molecule has 1 amide bonds. The molecule has 0 aliphatic heterocycles. The topological polar surface area (TPSA) is 46.6 Å². The van der Waals surface area contributed by atoms with E-state index in [4.69, 9.17) is 4.74 Å². The fraction of sp³-hybridized carbons (Fsp3) is 0.333. The second-order valence-electron chi connectivity index (χ2n) is 6.33. The van der Waals surface area contributed by atoms with E-state index in [1.54, 1.807) is 31.3 Å². The van der Waals surface area contributed by atoms with Gasteiger partial charge in [-0.25, -0.2) is 0 Å². The Kier molecular flexibility index (Phi) is 7.20. The molecule has 0 aliphatic rings. The maximum Gasteiger partial charge on any atom is 0.416 e. The van der Waals surface area contributed by atoms with E-state index in [1.165, 1.54) is 17.0 Å². The molecular weight excluding hydrogens is 371 g/mol. The van der Waals surface area contributed by atoms with Crippen LogP contribution in [0.5, 0.6) is 5.75 Å². The van der Waals surface area contributed by atoms with Gasteiger partial charge in [0.15, 0.2) is 5.78 Å². The van der Waals surface area contributed by atoms with E-state index in [2.05, 4.69) is 0 Å². The van der Waals surface area contributed by atoms with Crippen molar-refractivity contribution in [3.8, 4) is 5.75 Å². The van der Waals surface area contributed by atoms with Gasteiger partial charge in [0.25, 0.3) is 0 Å². The van der Waals surface area contributed by atoms with Crippen molar-refractivity contribution in [2.24, 2.45) is 0 Å². The highest BCUT2D eigenvalue weighted by Crippen LogP contribution is 2.29. The number of halogens is 3. The normalized spacial score (nSPS) is 11.2. The van der Waals surface area contributed by atoms with Crippen LogP contribution in [0.25, 0.3) is 0 Å². The summed E-state index contributed by atoms with van der Waals surface area (Å²) in [7, 11) is 1.56. The summed E-state index contributed by atoms with van der Waals surface area (Å²) in [6.07, 6.45) is -4.30. The number of benzene rings is 2. The fourth-order valence-corrected chi connectivity index (χ4v) is 2.62. The smallest absolute Gasteiger partial charge is 0.416 e. The summed E-state index contributed by atoms with van der Waals surface area (Å²) in [5.41, 5.74) is 0.356. The van der Waals surface area contributed by atoms with Crippen molar-refractivity contribution in [2.45, 2.75) is 32.5 Å². The monoisotopic (exact) mass is 393 g/mol. The highest BCUT2D eigenvalue weighted by atomic mass is 19.4. The molecule has 2 rings (SSSR count). The average molecular weight is 393 g/mol. The number of hydrogen-bond donors (Lipinski definition) is 0. The first kappa shape index (κ1) is 21.5. The quantitative estimate of drug-likeness (QED) is 0.610. The lowest BCUT2D eigenvalue weighted by Crippen LogP contribution is -2.26. The van der Waals surface area contributed by atoms with Gasteiger partial charge in [0.1, 0.15) is 5.75 Å². The minimum Gasteiger partial charge on any atom is -0.494 e. The van der Waals surface area contributed by atoms with E-state index < -0.39 is 11.7 Å². The van der Waals surface area contributed by atoms with Gasteiger partial charge >= 0.3 is 6.18 Å². The average Bonchev–Trinajstić information content (AvgIpc) is 2.66. The van der Waals surface area contributed by atoms with Crippen LogP contribution in [-0.4, -0.2) is 30.2 Å². The van der Waals surface area contributed by atoms with Gasteiger partial charge in [0, 0.05) is 32.0 Å². The predicted molar refractivity (Wildman–Crippen MR) is 99.1 cm³/mol. The lowest BCUT2D eigenvalue weighted by molar-refractivity contribution is -0.137. The molecule has 28 heavy (non-hydrogen) atoms. The third kappa shape index (κ3) is 6.11. The summed E-state index contributed by atoms with van der Waals surface area (Å²) >= 11 is 0. The van der Waals surface area contributed by atoms with Crippen LogP contribution in [-0.2, 0) is 17.5 Å². The maximum atomic E-state index is 12.6. The summed E-state index contributed by atoms with van der Waals surface area (Å²) in [6.45, 7) is 2.58. The van der Waals surface area contributed by atoms with Crippen LogP contribution in [0.15, 0.2) is 48.5 Å². The molecule has 0 atom stereocenters. The molecule has 150 valence electrons. The van der Waals surface area contributed by atoms with Crippen molar-refractivity contribution in [1.29, 1.82) is 0 Å². The summed E-state index contributed by atoms with van der Waals surface area (Å²) in [5.74, 6) is 0.268. The molecule has 2 aromatic rings. The van der Waals surface area contributed by atoms with Gasteiger partial charge in [-0.15, -0.1) is 0 Å². The molecule has 4 nitrogen and oxygen atoms in total. The lowest BCUT2D eigenvalue weighted by Gasteiger charge is -2.17. The number of ether oxygens (including phenoxy) is 1. The Balaban J connectivity index is 1.85. The second-order valence-corrected chi connectivity index (χ2v) is 6.33. The number of alkyl halides is 3. The van der Waals surface area contributed by atoms with Crippen molar-refractivity contribution < 1.29 is 27.5 Å². The molecule has 7 heteroatoms. The zero-order valence-electron chi connectivity index (χ0n) is 15.8. The van der Waals surface area contributed by atoms with Crippen LogP contribution in [0, 0.1) is 0 Å². The number of Topliss-reactive ketones (excluding diaryl/α,β-unsaturated/α-hetero) is 1. The van der Waals surface area contributed by atoms with Crippen molar-refractivity contribution >= 4 is 11.7 Å². The first-order chi connectivity index (χ1) is 13.2. The van der Waals surface area contributed by atoms with Gasteiger partial charge in [-0.05, 0) is 48.9 Å². The van der Waals surface area contributed by atoms with Crippen molar-refractivity contribution in [1.82, 2.24) is 4.90 Å². The Morgan fingerprint density at radius 1 is 0.964 bits per heavy atom. The molecule has 0 aromatic heterocycles. The second kappa shape index (κ2) is 9.39. The molecule has 0 radical (unpaired) electrons. The largest absolute Gasteiger partial charge is 0.494 e. The van der Waals surface area contributed by atoms with Gasteiger partial charge in [0.2, 0.25) is 5.91 Å². The standard InChI is InChI=1S/C21H22F3NO3/c1-3-28-18-10-6-16(7-11-18)19(26)12-13-20(27)25(2)14-15-4-8-17(9-5-15)21(22,23)24/h4-11H,3,12-14H2,1-2H3. The van der Waals surface area contributed by atoms with Crippen LogP contribution in [0.2, 0.25) is 0 Å². The third-order valence-electron chi connectivity index (χ3n) is 4.18. The highest BCUT2D eigenvalue weighted by Gasteiger charge is 2.30. The van der Waals surface area contributed by atoms with E-state index in [1.807, 2.05) is 6.92 Å². The Morgan fingerprint density at radius 2 is 1.57 bits per heavy atom. The molecule has 0 saturated carbocycles. The molecule has 0 fully saturated rings. The molecule has 0 spiro atoms. The Morgan fingerprint density at radius 3 is 2.11 bits per heavy atom. The minimum absolute atomic E-state index is 0.0309. The van der Waals surface area contributed by atoms with Crippen LogP contribution in [0.1, 0.15) is 41.3 Å². The molecule has 2 aromatic carbocycles. The summed E-state index contributed by atoms with van der Waals surface area (Å²) in [5, 5.41) is 0. The van der Waals surface area contributed by atoms with Crippen LogP contribution in [0.3, 0.4) is 0 Å². The van der Waals surface area contributed by atoms with Gasteiger partial charge in [-0.2, -0.15) is 13.2 Å². The zero-order valence-corrected chi connectivity index (χ0v) is 15.8. The fourth-order valence-electron chi connectivity index (χ4n) is 2.62. The summed E-state index contributed by atoms with van der Waals surface area (Å²) in [4.78, 5) is 25.8. The predicted octanol–water partition coefficient (Wildman–Crippen LogP) is 4.73. The molecule has 0 bridgehead atoms. The summed E-state index contributed by atoms with van der Waals surface area (Å²) in [6, 6.07) is 11.4. The molecule has 0 N–H and O–H groups in total. The van der Waals surface area contributed by atoms with E-state index in [0.29, 0.717) is 23.5 Å². The van der Waals surface area contributed by atoms with Gasteiger partial charge in [0.05, 0.1) is 12.2 Å². The summed E-state index contributed by atoms with van der Waals surface area (Å²) < 4.78 is 43.1. The number of hydrogen-bond acceptors (Lipinski definition) is 3. The van der Waals surface area contributed by atoms with Crippen molar-refractivity contribution in [3.63, 3.8) is 0 Å². The number of nitrogens with zero attached hydrogens (tertiary/aromatic N) is 1. The number of amides is 1. The van der Waals surface area contributed by atoms with Gasteiger partial charge < -0.3 is 9.64 Å². The van der Waals surface area contributed by atoms with E-state index in [0.717, 1.165) is 12.1 Å². The molecule has 0 unspecified atom stereocenters. The lowest BCUT2D eigenvalue weighted by atomic mass is 10.1. The Bertz CT molecular complexity index is 799. The van der Waals surface area contributed by atoms with E-state index in [-0.39, 0.29) is 31.1 Å². The zero-order chi connectivity index (χ0) is 20.7. The number of rotatable bonds is 8. The number of carbonyl (C=O) groups excluding carboxylic acids is 2.